The van der Waals surface area contributed by atoms with Gasteiger partial charge in [-0.15, -0.1) is 0 Å². The lowest BCUT2D eigenvalue weighted by Gasteiger charge is -2.44. The predicted molar refractivity (Wildman–Crippen MR) is 175 cm³/mol. The molecule has 0 aliphatic heterocycles. The highest BCUT2D eigenvalue weighted by molar-refractivity contribution is 5.94. The van der Waals surface area contributed by atoms with Gasteiger partial charge in [-0.05, 0) is 51.5 Å². The second kappa shape index (κ2) is 18.0. The third-order valence-corrected chi connectivity index (χ3v) is 8.79. The molecule has 0 radical (unpaired) electrons. The summed E-state index contributed by atoms with van der Waals surface area (Å²) in [5, 5.41) is 32.3. The highest BCUT2D eigenvalue weighted by Crippen LogP contribution is 2.43. The minimum Gasteiger partial charge on any atom is -0.467 e. The molecule has 0 bridgehead atoms. The summed E-state index contributed by atoms with van der Waals surface area (Å²) in [6, 6.07) is 3.08. The van der Waals surface area contributed by atoms with Crippen LogP contribution in [-0.4, -0.2) is 95.2 Å². The Morgan fingerprint density at radius 3 is 2.04 bits per heavy atom. The SMILES string of the molecule is COC(=O)C(C)NC(=O)[C@H](NC(=O)C1CCCC1C(O)(NC(=O)[C@H](C)N)[C@H](Cc1ccccc1)C(=O)[C@H](C)NC(=O)[C@@H](N)CO)C(C)C. The number of methoxy groups -OCH3 is 1. The number of rotatable bonds is 17. The van der Waals surface area contributed by atoms with Gasteiger partial charge < -0.3 is 47.7 Å². The van der Waals surface area contributed by atoms with Crippen LogP contribution in [0.1, 0.15) is 59.4 Å². The van der Waals surface area contributed by atoms with Gasteiger partial charge in [-0.1, -0.05) is 50.6 Å². The number of amides is 4. The smallest absolute Gasteiger partial charge is 0.328 e. The number of nitrogens with two attached hydrogens (primary N) is 2. The highest BCUT2D eigenvalue weighted by Gasteiger charge is 2.55. The second-order valence-electron chi connectivity index (χ2n) is 12.9. The van der Waals surface area contributed by atoms with Gasteiger partial charge in [-0.3, -0.25) is 24.0 Å². The van der Waals surface area contributed by atoms with Crippen molar-refractivity contribution in [2.75, 3.05) is 13.7 Å². The number of ether oxygens (including phenoxy) is 1. The average Bonchev–Trinajstić information content (AvgIpc) is 3.56. The van der Waals surface area contributed by atoms with E-state index in [1.54, 1.807) is 44.2 Å². The van der Waals surface area contributed by atoms with E-state index >= 15 is 0 Å². The van der Waals surface area contributed by atoms with Crippen LogP contribution >= 0.6 is 0 Å². The fourth-order valence-electron chi connectivity index (χ4n) is 5.98. The Kier molecular flexibility index (Phi) is 15.1. The largest absolute Gasteiger partial charge is 0.467 e. The Morgan fingerprint density at radius 1 is 0.896 bits per heavy atom. The zero-order chi connectivity index (χ0) is 36.3. The van der Waals surface area contributed by atoms with Crippen molar-refractivity contribution in [1.82, 2.24) is 21.3 Å². The Bertz CT molecular complexity index is 1290. The number of carbonyl (C=O) groups excluding carboxylic acids is 6. The first-order valence-electron chi connectivity index (χ1n) is 16.2. The fourth-order valence-corrected chi connectivity index (χ4v) is 5.98. The summed E-state index contributed by atoms with van der Waals surface area (Å²) in [4.78, 5) is 78.9. The highest BCUT2D eigenvalue weighted by atomic mass is 16.5. The molecule has 1 aromatic carbocycles. The summed E-state index contributed by atoms with van der Waals surface area (Å²) in [6.45, 7) is 7.02. The van der Waals surface area contributed by atoms with E-state index in [1.807, 2.05) is 0 Å². The molecule has 0 spiro atoms. The topological polar surface area (TPSA) is 252 Å². The maximum atomic E-state index is 14.2. The summed E-state index contributed by atoms with van der Waals surface area (Å²) in [5.74, 6) is -7.89. The molecule has 15 heteroatoms. The molecule has 1 aliphatic rings. The van der Waals surface area contributed by atoms with Gasteiger partial charge >= 0.3 is 5.97 Å². The van der Waals surface area contributed by atoms with E-state index in [1.165, 1.54) is 27.9 Å². The number of carbonyl (C=O) groups is 6. The van der Waals surface area contributed by atoms with E-state index in [0.717, 1.165) is 0 Å². The molecule has 4 unspecified atom stereocenters. The van der Waals surface area contributed by atoms with E-state index in [-0.39, 0.29) is 19.3 Å². The standard InChI is InChI=1S/C33H52N6O9/c1-17(2)26(31(45)37-20(5)32(46)48-6)38-29(43)22-13-10-14-23(22)33(47,39-28(42)18(3)34)24(15-21-11-8-7-9-12-21)27(41)19(4)36-30(44)25(35)16-40/h7-9,11-12,17-20,22-26,40,47H,10,13-16,34-35H2,1-6H3,(H,36,44)(H,37,45)(H,38,43)(H,39,42)/t18-,19-,20?,22?,23?,24+,25-,26+,33?/m0/s1. The molecule has 1 saturated carbocycles. The number of nitrogens with one attached hydrogen (secondary N) is 4. The molecular weight excluding hydrogens is 624 g/mol. The zero-order valence-electron chi connectivity index (χ0n) is 28.5. The average molecular weight is 677 g/mol. The zero-order valence-corrected chi connectivity index (χ0v) is 28.5. The Labute approximate surface area is 281 Å². The molecule has 0 aromatic heterocycles. The summed E-state index contributed by atoms with van der Waals surface area (Å²) in [7, 11) is 1.19. The van der Waals surface area contributed by atoms with Gasteiger partial charge in [-0.25, -0.2) is 4.79 Å². The van der Waals surface area contributed by atoms with Crippen molar-refractivity contribution in [3.05, 3.63) is 35.9 Å². The van der Waals surface area contributed by atoms with Crippen LogP contribution in [0.15, 0.2) is 30.3 Å². The lowest BCUT2D eigenvalue weighted by molar-refractivity contribution is -0.161. The summed E-state index contributed by atoms with van der Waals surface area (Å²) < 4.78 is 4.67. The van der Waals surface area contributed by atoms with Crippen molar-refractivity contribution < 1.29 is 43.7 Å². The van der Waals surface area contributed by atoms with Crippen molar-refractivity contribution >= 4 is 35.4 Å². The molecule has 10 N–H and O–H groups in total. The summed E-state index contributed by atoms with van der Waals surface area (Å²) >= 11 is 0. The van der Waals surface area contributed by atoms with Crippen LogP contribution < -0.4 is 32.7 Å². The van der Waals surface area contributed by atoms with Gasteiger partial charge in [0.1, 0.15) is 18.1 Å². The third-order valence-electron chi connectivity index (χ3n) is 8.79. The Balaban J connectivity index is 2.57. The molecule has 1 aliphatic carbocycles. The molecule has 48 heavy (non-hydrogen) atoms. The van der Waals surface area contributed by atoms with Crippen LogP contribution in [0.4, 0.5) is 0 Å². The Hall–Kier alpha value is -3.92. The van der Waals surface area contributed by atoms with Gasteiger partial charge in [-0.2, -0.15) is 0 Å². The molecular formula is C33H52N6O9. The third kappa shape index (κ3) is 10.3. The normalized spacial score (nSPS) is 21.0. The molecule has 2 rings (SSSR count). The van der Waals surface area contributed by atoms with E-state index in [2.05, 4.69) is 26.0 Å². The molecule has 268 valence electrons. The fraction of sp³-hybridized carbons (Fsp3) is 0.636. The van der Waals surface area contributed by atoms with Crippen LogP contribution in [-0.2, 0) is 39.9 Å². The minimum atomic E-state index is -2.34. The van der Waals surface area contributed by atoms with Crippen molar-refractivity contribution in [1.29, 1.82) is 0 Å². The van der Waals surface area contributed by atoms with E-state index in [0.29, 0.717) is 12.0 Å². The Morgan fingerprint density at radius 2 is 1.50 bits per heavy atom. The number of aliphatic hydroxyl groups is 2. The number of hydrogen-bond donors (Lipinski definition) is 8. The lowest BCUT2D eigenvalue weighted by atomic mass is 9.72. The van der Waals surface area contributed by atoms with Crippen LogP contribution in [0.25, 0.3) is 0 Å². The molecule has 0 heterocycles. The van der Waals surface area contributed by atoms with Gasteiger partial charge in [0.25, 0.3) is 0 Å². The molecule has 4 amide bonds. The van der Waals surface area contributed by atoms with Crippen LogP contribution in [0.3, 0.4) is 0 Å². The second-order valence-corrected chi connectivity index (χ2v) is 12.9. The maximum Gasteiger partial charge on any atom is 0.328 e. The number of esters is 1. The number of ketones is 1. The first-order valence-corrected chi connectivity index (χ1v) is 16.2. The molecule has 15 nitrogen and oxygen atoms in total. The van der Waals surface area contributed by atoms with Crippen molar-refractivity contribution in [3.63, 3.8) is 0 Å². The van der Waals surface area contributed by atoms with Gasteiger partial charge in [0.15, 0.2) is 11.5 Å². The molecule has 1 fully saturated rings. The summed E-state index contributed by atoms with van der Waals surface area (Å²) in [5.41, 5.74) is 9.81. The predicted octanol–water partition coefficient (Wildman–Crippen LogP) is -1.37. The van der Waals surface area contributed by atoms with Gasteiger partial charge in [0.05, 0.1) is 31.7 Å². The lowest BCUT2D eigenvalue weighted by Crippen LogP contribution is -2.66. The first-order chi connectivity index (χ1) is 22.5. The first kappa shape index (κ1) is 40.3. The summed E-state index contributed by atoms with van der Waals surface area (Å²) in [6.07, 6.45) is 0.845. The molecule has 0 saturated heterocycles. The van der Waals surface area contributed by atoms with Crippen molar-refractivity contribution in [2.45, 2.75) is 96.2 Å². The van der Waals surface area contributed by atoms with Crippen LogP contribution in [0.5, 0.6) is 0 Å². The van der Waals surface area contributed by atoms with Crippen LogP contribution in [0, 0.1) is 23.7 Å². The van der Waals surface area contributed by atoms with Crippen LogP contribution in [0.2, 0.25) is 0 Å². The number of aliphatic hydroxyl groups excluding tert-OH is 1. The van der Waals surface area contributed by atoms with Crippen molar-refractivity contribution in [2.24, 2.45) is 35.1 Å². The van der Waals surface area contributed by atoms with E-state index in [4.69, 9.17) is 11.5 Å². The molecule has 1 aromatic rings. The minimum absolute atomic E-state index is 0.0883. The van der Waals surface area contributed by atoms with Gasteiger partial charge in [0.2, 0.25) is 23.6 Å². The quantitative estimate of drug-likeness (QED) is 0.0705. The molecule has 9 atom stereocenters. The van der Waals surface area contributed by atoms with E-state index < -0.39 is 102 Å². The number of benzene rings is 1. The monoisotopic (exact) mass is 676 g/mol. The van der Waals surface area contributed by atoms with E-state index in [9.17, 15) is 39.0 Å². The number of hydrogen-bond acceptors (Lipinski definition) is 11. The maximum absolute atomic E-state index is 14.2. The van der Waals surface area contributed by atoms with Gasteiger partial charge in [0, 0.05) is 11.8 Å². The number of Topliss-reactive ketones (excluding diaryl/α,β-unsaturated/α-hetero) is 1. The van der Waals surface area contributed by atoms with Crippen molar-refractivity contribution in [3.8, 4) is 0 Å².